The lowest BCUT2D eigenvalue weighted by Gasteiger charge is -2.31. The van der Waals surface area contributed by atoms with Crippen LogP contribution in [-0.2, 0) is 11.3 Å². The smallest absolute Gasteiger partial charge is 0.253 e. The number of thiocarbonyl (C=S) groups is 1. The zero-order valence-corrected chi connectivity index (χ0v) is 16.3. The van der Waals surface area contributed by atoms with Crippen LogP contribution in [0, 0.1) is 6.92 Å². The van der Waals surface area contributed by atoms with Crippen molar-refractivity contribution in [2.24, 2.45) is 0 Å². The van der Waals surface area contributed by atoms with Crippen LogP contribution >= 0.6 is 12.2 Å². The van der Waals surface area contributed by atoms with Gasteiger partial charge in [0.25, 0.3) is 5.56 Å². The third kappa shape index (κ3) is 4.43. The lowest BCUT2D eigenvalue weighted by molar-refractivity contribution is 0.201. The van der Waals surface area contributed by atoms with E-state index in [1.165, 1.54) is 12.8 Å². The Morgan fingerprint density at radius 1 is 1.35 bits per heavy atom. The molecule has 0 radical (unpaired) electrons. The van der Waals surface area contributed by atoms with Gasteiger partial charge in [-0.3, -0.25) is 4.79 Å². The number of benzene rings is 1. The number of nitrogens with one attached hydrogen (secondary N) is 2. The molecule has 1 aliphatic rings. The van der Waals surface area contributed by atoms with Crippen molar-refractivity contribution in [3.8, 4) is 0 Å². The minimum atomic E-state index is -0.0363. The Labute approximate surface area is 159 Å². The van der Waals surface area contributed by atoms with Crippen molar-refractivity contribution in [3.63, 3.8) is 0 Å². The Bertz CT molecular complexity index is 827. The van der Waals surface area contributed by atoms with Crippen LogP contribution in [0.1, 0.15) is 36.8 Å². The molecule has 1 aromatic carbocycles. The maximum absolute atomic E-state index is 12.6. The summed E-state index contributed by atoms with van der Waals surface area (Å²) in [5.41, 5.74) is 2.74. The van der Waals surface area contributed by atoms with Crippen molar-refractivity contribution >= 4 is 28.2 Å². The number of pyridine rings is 1. The van der Waals surface area contributed by atoms with Crippen LogP contribution in [0.5, 0.6) is 0 Å². The zero-order chi connectivity index (χ0) is 18.5. The number of aryl methyl sites for hydroxylation is 1. The molecule has 2 aromatic rings. The Morgan fingerprint density at radius 3 is 2.85 bits per heavy atom. The molecule has 1 saturated carbocycles. The van der Waals surface area contributed by atoms with E-state index in [0.29, 0.717) is 30.9 Å². The van der Waals surface area contributed by atoms with E-state index in [-0.39, 0.29) is 5.56 Å². The molecule has 1 fully saturated rings. The number of methoxy groups -OCH3 is 1. The van der Waals surface area contributed by atoms with E-state index in [4.69, 9.17) is 17.0 Å². The van der Waals surface area contributed by atoms with E-state index in [1.807, 2.05) is 19.1 Å². The van der Waals surface area contributed by atoms with Gasteiger partial charge in [-0.15, -0.1) is 0 Å². The standard InChI is InChI=1S/C20H27N3O2S/c1-14-7-8-15-12-16(19(24)22-18(15)11-14)13-23(17-5-3-4-6-17)20(26)21-9-10-25-2/h7-8,11-12,17H,3-6,9-10,13H2,1-2H3,(H,21,26)(H,22,24). The molecule has 0 atom stereocenters. The number of fused-ring (bicyclic) bond motifs is 1. The van der Waals surface area contributed by atoms with Crippen LogP contribution in [0.3, 0.4) is 0 Å². The Kier molecular flexibility index (Phi) is 6.27. The Balaban J connectivity index is 1.84. The predicted molar refractivity (Wildman–Crippen MR) is 110 cm³/mol. The topological polar surface area (TPSA) is 57.4 Å². The first-order valence-corrected chi connectivity index (χ1v) is 9.65. The van der Waals surface area contributed by atoms with Gasteiger partial charge in [-0.25, -0.2) is 0 Å². The molecule has 0 aliphatic heterocycles. The molecule has 2 N–H and O–H groups in total. The van der Waals surface area contributed by atoms with Crippen molar-refractivity contribution in [3.05, 3.63) is 45.7 Å². The van der Waals surface area contributed by atoms with Crippen LogP contribution in [0.4, 0.5) is 0 Å². The van der Waals surface area contributed by atoms with E-state index in [9.17, 15) is 4.79 Å². The van der Waals surface area contributed by atoms with E-state index in [2.05, 4.69) is 27.3 Å². The number of aromatic nitrogens is 1. The summed E-state index contributed by atoms with van der Waals surface area (Å²) in [5, 5.41) is 5.02. The highest BCUT2D eigenvalue weighted by atomic mass is 32.1. The summed E-state index contributed by atoms with van der Waals surface area (Å²) in [4.78, 5) is 17.8. The molecule has 0 unspecified atom stereocenters. The Morgan fingerprint density at radius 2 is 2.12 bits per heavy atom. The van der Waals surface area contributed by atoms with Gasteiger partial charge in [0, 0.05) is 30.8 Å². The van der Waals surface area contributed by atoms with E-state index in [0.717, 1.165) is 34.9 Å². The van der Waals surface area contributed by atoms with Crippen molar-refractivity contribution in [1.82, 2.24) is 15.2 Å². The number of nitrogens with zero attached hydrogens (tertiary/aromatic N) is 1. The molecule has 140 valence electrons. The molecule has 0 bridgehead atoms. The fourth-order valence-electron chi connectivity index (χ4n) is 3.61. The molecule has 0 saturated heterocycles. The maximum Gasteiger partial charge on any atom is 0.253 e. The summed E-state index contributed by atoms with van der Waals surface area (Å²) in [5.74, 6) is 0. The van der Waals surface area contributed by atoms with Gasteiger partial charge in [-0.1, -0.05) is 25.0 Å². The summed E-state index contributed by atoms with van der Waals surface area (Å²) in [6.07, 6.45) is 4.68. The average Bonchev–Trinajstić information content (AvgIpc) is 3.14. The molecular formula is C20H27N3O2S. The molecule has 5 nitrogen and oxygen atoms in total. The number of hydrogen-bond donors (Lipinski definition) is 2. The highest BCUT2D eigenvalue weighted by molar-refractivity contribution is 7.80. The van der Waals surface area contributed by atoms with Crippen molar-refractivity contribution in [1.29, 1.82) is 0 Å². The van der Waals surface area contributed by atoms with Crippen molar-refractivity contribution < 1.29 is 4.74 Å². The van der Waals surface area contributed by atoms with Crippen LogP contribution in [0.2, 0.25) is 0 Å². The van der Waals surface area contributed by atoms with Crippen molar-refractivity contribution in [2.45, 2.75) is 45.2 Å². The monoisotopic (exact) mass is 373 g/mol. The summed E-state index contributed by atoms with van der Waals surface area (Å²) >= 11 is 5.63. The highest BCUT2D eigenvalue weighted by Gasteiger charge is 2.25. The maximum atomic E-state index is 12.6. The largest absolute Gasteiger partial charge is 0.383 e. The van der Waals surface area contributed by atoms with Gasteiger partial charge in [0.15, 0.2) is 5.11 Å². The minimum Gasteiger partial charge on any atom is -0.383 e. The third-order valence-electron chi connectivity index (χ3n) is 5.03. The second kappa shape index (κ2) is 8.64. The van der Waals surface area contributed by atoms with E-state index < -0.39 is 0 Å². The van der Waals surface area contributed by atoms with Gasteiger partial charge in [0.2, 0.25) is 0 Å². The lowest BCUT2D eigenvalue weighted by atomic mass is 10.1. The number of ether oxygens (including phenoxy) is 1. The normalized spacial score (nSPS) is 14.7. The third-order valence-corrected chi connectivity index (χ3v) is 5.41. The lowest BCUT2D eigenvalue weighted by Crippen LogP contribution is -2.46. The van der Waals surface area contributed by atoms with E-state index >= 15 is 0 Å². The molecule has 0 spiro atoms. The minimum absolute atomic E-state index is 0.0363. The Hall–Kier alpha value is -1.92. The first-order valence-electron chi connectivity index (χ1n) is 9.24. The van der Waals surface area contributed by atoms with E-state index in [1.54, 1.807) is 7.11 Å². The second-order valence-corrected chi connectivity index (χ2v) is 7.39. The highest BCUT2D eigenvalue weighted by Crippen LogP contribution is 2.25. The van der Waals surface area contributed by atoms with Crippen LogP contribution in [0.15, 0.2) is 29.1 Å². The summed E-state index contributed by atoms with van der Waals surface area (Å²) < 4.78 is 5.10. The number of hydrogen-bond acceptors (Lipinski definition) is 3. The molecule has 1 aromatic heterocycles. The molecular weight excluding hydrogens is 346 g/mol. The first kappa shape index (κ1) is 18.9. The molecule has 26 heavy (non-hydrogen) atoms. The number of aromatic amines is 1. The van der Waals surface area contributed by atoms with Gasteiger partial charge >= 0.3 is 0 Å². The predicted octanol–water partition coefficient (Wildman–Crippen LogP) is 3.10. The summed E-state index contributed by atoms with van der Waals surface area (Å²) in [6.45, 7) is 3.83. The van der Waals surface area contributed by atoms with Gasteiger partial charge in [-0.2, -0.15) is 0 Å². The fourth-order valence-corrected chi connectivity index (χ4v) is 3.92. The van der Waals surface area contributed by atoms with Gasteiger partial charge < -0.3 is 19.9 Å². The fraction of sp³-hybridized carbons (Fsp3) is 0.500. The molecule has 1 heterocycles. The summed E-state index contributed by atoms with van der Waals surface area (Å²) in [6, 6.07) is 8.51. The SMILES string of the molecule is COCCNC(=S)N(Cc1cc2ccc(C)cc2[nH]c1=O)C1CCCC1. The second-order valence-electron chi connectivity index (χ2n) is 7.01. The molecule has 1 aliphatic carbocycles. The quantitative estimate of drug-likeness (QED) is 0.602. The van der Waals surface area contributed by atoms with Crippen LogP contribution in [0.25, 0.3) is 10.9 Å². The molecule has 6 heteroatoms. The van der Waals surface area contributed by atoms with Crippen molar-refractivity contribution in [2.75, 3.05) is 20.3 Å². The van der Waals surface area contributed by atoms with Crippen LogP contribution < -0.4 is 10.9 Å². The average molecular weight is 374 g/mol. The first-order chi connectivity index (χ1) is 12.6. The summed E-state index contributed by atoms with van der Waals surface area (Å²) in [7, 11) is 1.68. The molecule has 3 rings (SSSR count). The number of rotatable bonds is 6. The van der Waals surface area contributed by atoms with Crippen LogP contribution in [-0.4, -0.2) is 41.3 Å². The van der Waals surface area contributed by atoms with Gasteiger partial charge in [-0.05, 0) is 55.1 Å². The number of H-pyrrole nitrogens is 1. The van der Waals surface area contributed by atoms with Gasteiger partial charge in [0.05, 0.1) is 13.2 Å². The molecule has 0 amide bonds. The van der Waals surface area contributed by atoms with Gasteiger partial charge in [0.1, 0.15) is 0 Å². The zero-order valence-electron chi connectivity index (χ0n) is 15.5.